The van der Waals surface area contributed by atoms with Crippen LogP contribution in [0.2, 0.25) is 0 Å². The molecule has 0 aromatic rings. The maximum atomic E-state index is 14.4. The van der Waals surface area contributed by atoms with Crippen molar-refractivity contribution < 1.29 is 53.1 Å². The fraction of sp³-hybridized carbons (Fsp3) is 0.745. The Labute approximate surface area is 387 Å². The molecule has 1 amide bonds. The van der Waals surface area contributed by atoms with Crippen LogP contribution in [0.3, 0.4) is 0 Å². The third-order valence-corrected chi connectivity index (χ3v) is 15.5. The van der Waals surface area contributed by atoms with Crippen LogP contribution in [0.25, 0.3) is 0 Å². The molecule has 2 bridgehead atoms. The first-order valence-electron chi connectivity index (χ1n) is 23.8. The molecule has 0 aromatic heterocycles. The number of piperidine rings is 1. The zero-order valence-electron chi connectivity index (χ0n) is 40.3. The largest absolute Gasteiger partial charge is 0.460 e. The highest BCUT2D eigenvalue weighted by atomic mass is 32.2. The zero-order valence-corrected chi connectivity index (χ0v) is 41.1. The molecule has 1 aliphatic carbocycles. The number of Topliss-reactive ketones (excluding diaryl/α,β-unsaturated/α-hetero) is 3. The smallest absolute Gasteiger partial charge is 0.329 e. The Morgan fingerprint density at radius 3 is 2.31 bits per heavy atom. The van der Waals surface area contributed by atoms with Crippen LogP contribution in [0, 0.1) is 35.5 Å². The lowest BCUT2D eigenvalue weighted by Gasteiger charge is -2.42. The van der Waals surface area contributed by atoms with Gasteiger partial charge in [-0.3, -0.25) is 19.2 Å². The van der Waals surface area contributed by atoms with E-state index >= 15 is 0 Å². The van der Waals surface area contributed by atoms with Gasteiger partial charge in [-0.15, -0.1) is 0 Å². The Morgan fingerprint density at radius 1 is 0.891 bits per heavy atom. The Bertz CT molecular complexity index is 1720. The van der Waals surface area contributed by atoms with Crippen molar-refractivity contribution in [2.24, 2.45) is 35.5 Å². The molecule has 12 nitrogen and oxygen atoms in total. The number of ether oxygens (including phenoxy) is 4. The molecule has 4 aliphatic rings. The van der Waals surface area contributed by atoms with Crippen LogP contribution in [0.5, 0.6) is 0 Å². The fourth-order valence-corrected chi connectivity index (χ4v) is 11.0. The summed E-state index contributed by atoms with van der Waals surface area (Å²) in [4.78, 5) is 71.9. The first-order valence-corrected chi connectivity index (χ1v) is 25.1. The van der Waals surface area contributed by atoms with Gasteiger partial charge in [0, 0.05) is 50.2 Å². The summed E-state index contributed by atoms with van der Waals surface area (Å²) in [7, 11) is 3.12. The van der Waals surface area contributed by atoms with Gasteiger partial charge in [0.2, 0.25) is 5.79 Å². The maximum Gasteiger partial charge on any atom is 0.329 e. The number of nitrogens with zero attached hydrogens (tertiary/aromatic N) is 1. The van der Waals surface area contributed by atoms with Crippen LogP contribution in [-0.2, 0) is 42.9 Å². The van der Waals surface area contributed by atoms with E-state index in [0.717, 1.165) is 31.3 Å². The molecule has 0 aromatic carbocycles. The minimum Gasteiger partial charge on any atom is -0.460 e. The van der Waals surface area contributed by atoms with Gasteiger partial charge in [0.25, 0.3) is 11.7 Å². The van der Waals surface area contributed by atoms with Crippen molar-refractivity contribution in [2.45, 2.75) is 180 Å². The van der Waals surface area contributed by atoms with E-state index in [4.69, 9.17) is 18.9 Å². The number of thioether (sulfide) groups is 1. The number of rotatable bonds is 6. The van der Waals surface area contributed by atoms with E-state index in [1.807, 2.05) is 64.3 Å². The number of amides is 1. The summed E-state index contributed by atoms with van der Waals surface area (Å²) in [6, 6.07) is -1.09. The first-order chi connectivity index (χ1) is 30.3. The lowest BCUT2D eigenvalue weighted by molar-refractivity contribution is -0.263. The normalized spacial score (nSPS) is 39.7. The lowest BCUT2D eigenvalue weighted by atomic mass is 9.79. The summed E-state index contributed by atoms with van der Waals surface area (Å²) >= 11 is 1.64. The van der Waals surface area contributed by atoms with Crippen LogP contribution in [-0.4, -0.2) is 119 Å². The quantitative estimate of drug-likeness (QED) is 0.150. The van der Waals surface area contributed by atoms with Crippen LogP contribution in [0.4, 0.5) is 0 Å². The van der Waals surface area contributed by atoms with Gasteiger partial charge in [0.05, 0.1) is 12.2 Å². The van der Waals surface area contributed by atoms with Crippen LogP contribution < -0.4 is 0 Å². The number of carbonyl (C=O) groups excluding carboxylic acids is 5. The number of ketones is 3. The van der Waals surface area contributed by atoms with Gasteiger partial charge in [0.1, 0.15) is 30.1 Å². The number of hydrogen-bond acceptors (Lipinski definition) is 12. The monoisotopic (exact) mass is 914 g/mol. The number of allylic oxidation sites excluding steroid dienone is 6. The highest BCUT2D eigenvalue weighted by molar-refractivity contribution is 7.99. The van der Waals surface area contributed by atoms with Gasteiger partial charge in [-0.05, 0) is 108 Å². The van der Waals surface area contributed by atoms with Gasteiger partial charge in [0.15, 0.2) is 5.78 Å². The van der Waals surface area contributed by atoms with Gasteiger partial charge in [-0.1, -0.05) is 89.5 Å². The average molecular weight is 914 g/mol. The van der Waals surface area contributed by atoms with Crippen LogP contribution >= 0.6 is 11.8 Å². The van der Waals surface area contributed by atoms with Crippen molar-refractivity contribution in [2.75, 3.05) is 27.0 Å². The van der Waals surface area contributed by atoms with E-state index in [2.05, 4.69) is 0 Å². The van der Waals surface area contributed by atoms with Crippen molar-refractivity contribution in [3.8, 4) is 0 Å². The van der Waals surface area contributed by atoms with Crippen molar-refractivity contribution >= 4 is 41.0 Å². The third-order valence-electron chi connectivity index (χ3n) is 14.4. The molecule has 1 unspecified atom stereocenters. The van der Waals surface area contributed by atoms with E-state index in [1.165, 1.54) is 12.0 Å². The van der Waals surface area contributed by atoms with Gasteiger partial charge in [-0.25, -0.2) is 4.79 Å². The average Bonchev–Trinajstić information content (AvgIpc) is 3.27. The molecule has 1 saturated carbocycles. The molecule has 3 fully saturated rings. The molecule has 13 heteroatoms. The molecule has 2 N–H and O–H groups in total. The van der Waals surface area contributed by atoms with E-state index in [0.29, 0.717) is 56.4 Å². The Kier molecular flexibility index (Phi) is 21.2. The topological polar surface area (TPSA) is 166 Å². The SMILES string of the molecule is CO[C@H]1CCCC(C[C@@H](C)[C@@H]2CC(=O)[C@H](C)/C=C(\C)[C@@H](O)[C@@H](OC)C(=O)[C@H](C)C[C@H](C)/C=C/C=C/C=C(\C)[C@@H](SC)C[C@@H]3CC[C@@H](C)[C@@](O)(O3)C(=O)C(=O)N3CCCC[C@H]3C(=O)O2)C1. The number of cyclic esters (lactones) is 1. The Balaban J connectivity index is 1.70. The predicted molar refractivity (Wildman–Crippen MR) is 250 cm³/mol. The molecule has 2 saturated heterocycles. The minimum atomic E-state index is -2.36. The summed E-state index contributed by atoms with van der Waals surface area (Å²) in [5, 5.41) is 23.4. The number of fused-ring (bicyclic) bond motifs is 3. The van der Waals surface area contributed by atoms with Crippen LogP contribution in [0.15, 0.2) is 47.6 Å². The van der Waals surface area contributed by atoms with Crippen molar-refractivity contribution in [1.82, 2.24) is 4.90 Å². The molecule has 360 valence electrons. The van der Waals surface area contributed by atoms with Crippen molar-refractivity contribution in [1.29, 1.82) is 0 Å². The van der Waals surface area contributed by atoms with Gasteiger partial charge < -0.3 is 34.1 Å². The maximum absolute atomic E-state index is 14.4. The summed E-state index contributed by atoms with van der Waals surface area (Å²) in [6.07, 6.45) is 17.9. The van der Waals surface area contributed by atoms with Crippen molar-refractivity contribution in [3.05, 3.63) is 47.6 Å². The number of methoxy groups -OCH3 is 2. The summed E-state index contributed by atoms with van der Waals surface area (Å²) in [6.45, 7) is 13.1. The lowest BCUT2D eigenvalue weighted by Crippen LogP contribution is -2.60. The summed E-state index contributed by atoms with van der Waals surface area (Å²) in [5.41, 5.74) is 1.49. The first kappa shape index (κ1) is 53.7. The Hall–Kier alpha value is -2.94. The van der Waals surface area contributed by atoms with E-state index in [9.17, 15) is 34.2 Å². The van der Waals surface area contributed by atoms with Crippen molar-refractivity contribution in [3.63, 3.8) is 0 Å². The molecule has 14 atom stereocenters. The standard InChI is InChI=1S/C51H79NO11S/c1-31-17-12-11-13-18-32(2)44(64-10)29-40-23-22-37(7)51(59,63-40)48(56)49(57)52-24-15-14-21-41(52)50(58)62-43(34(4)27-38-19-16-20-39(28-38)60-8)30-42(53)33(3)26-36(6)46(55)47(61-9)45(54)35(5)25-31/h11-13,17-18,26,31,33-35,37-41,43-44,46-47,55,59H,14-16,19-25,27-30H2,1-10H3/b13-11+,17-12+,32-18+,36-26+/t31-,33-,34-,35-,37-,38?,39+,40+,41+,43+,44+,46-,47+,51-/m1/s1. The summed E-state index contributed by atoms with van der Waals surface area (Å²) < 4.78 is 23.8. The second kappa shape index (κ2) is 25.3. The highest BCUT2D eigenvalue weighted by Gasteiger charge is 2.53. The van der Waals surface area contributed by atoms with E-state index < -0.39 is 71.7 Å². The third kappa shape index (κ3) is 14.3. The molecular weight excluding hydrogens is 835 g/mol. The predicted octanol–water partition coefficient (Wildman–Crippen LogP) is 7.93. The second-order valence-electron chi connectivity index (χ2n) is 19.5. The number of aliphatic hydroxyl groups is 2. The number of aliphatic hydroxyl groups excluding tert-OH is 1. The molecule has 3 heterocycles. The number of esters is 1. The van der Waals surface area contributed by atoms with Gasteiger partial charge in [-0.2, -0.15) is 11.8 Å². The summed E-state index contributed by atoms with van der Waals surface area (Å²) in [5.74, 6) is -7.22. The number of carbonyl (C=O) groups is 5. The zero-order chi connectivity index (χ0) is 47.3. The molecule has 64 heavy (non-hydrogen) atoms. The van der Waals surface area contributed by atoms with E-state index in [1.54, 1.807) is 45.7 Å². The molecule has 3 aliphatic heterocycles. The molecule has 0 radical (unpaired) electrons. The van der Waals surface area contributed by atoms with Crippen LogP contribution in [0.1, 0.15) is 132 Å². The van der Waals surface area contributed by atoms with E-state index in [-0.39, 0.29) is 54.1 Å². The molecule has 0 spiro atoms. The molecular formula is C51H79NO11S. The number of hydrogen-bond donors (Lipinski definition) is 2. The van der Waals surface area contributed by atoms with Gasteiger partial charge >= 0.3 is 5.97 Å². The minimum absolute atomic E-state index is 0.0115. The fourth-order valence-electron chi connectivity index (χ4n) is 10.1. The highest BCUT2D eigenvalue weighted by Crippen LogP contribution is 2.38. The Morgan fingerprint density at radius 2 is 1.62 bits per heavy atom. The second-order valence-corrected chi connectivity index (χ2v) is 20.5. The molecule has 4 rings (SSSR count).